The van der Waals surface area contributed by atoms with E-state index in [1.165, 1.54) is 64.2 Å². The van der Waals surface area contributed by atoms with Gasteiger partial charge in [0, 0.05) is 11.0 Å². The van der Waals surface area contributed by atoms with E-state index in [0.717, 1.165) is 6.42 Å². The summed E-state index contributed by atoms with van der Waals surface area (Å²) >= 11 is 0. The molecule has 2 atom stereocenters. The Hall–Kier alpha value is -0.560. The molecule has 0 bridgehead atoms. The van der Waals surface area contributed by atoms with Gasteiger partial charge in [0.1, 0.15) is 0 Å². The highest BCUT2D eigenvalue weighted by Crippen LogP contribution is 2.50. The lowest BCUT2D eigenvalue weighted by Crippen LogP contribution is -2.57. The fraction of sp³-hybridized carbons (Fsp3) is 0.818. The smallest absolute Gasteiger partial charge is 0.0252 e. The van der Waals surface area contributed by atoms with Crippen molar-refractivity contribution in [2.45, 2.75) is 104 Å². The molecule has 1 aliphatic carbocycles. The average molecular weight is 320 g/mol. The highest BCUT2D eigenvalue weighted by atomic mass is 14.8. The van der Waals surface area contributed by atoms with Crippen LogP contribution in [0.2, 0.25) is 0 Å². The fourth-order valence-electron chi connectivity index (χ4n) is 4.52. The van der Waals surface area contributed by atoms with E-state index in [-0.39, 0.29) is 11.0 Å². The minimum Gasteiger partial charge on any atom is -0.324 e. The molecule has 134 valence electrons. The predicted molar refractivity (Wildman–Crippen MR) is 105 cm³/mol. The normalized spacial score (nSPS) is 22.5. The molecule has 0 amide bonds. The van der Waals surface area contributed by atoms with Gasteiger partial charge in [-0.2, -0.15) is 0 Å². The Morgan fingerprint density at radius 1 is 0.957 bits per heavy atom. The Balaban J connectivity index is 3.04. The molecule has 1 nitrogen and oxygen atoms in total. The monoisotopic (exact) mass is 319 g/mol. The van der Waals surface area contributed by atoms with Crippen molar-refractivity contribution < 1.29 is 0 Å². The van der Waals surface area contributed by atoms with Crippen LogP contribution in [-0.4, -0.2) is 5.54 Å². The van der Waals surface area contributed by atoms with Gasteiger partial charge in [-0.05, 0) is 25.2 Å². The number of rotatable bonds is 12. The number of hydrogen-bond acceptors (Lipinski definition) is 1. The van der Waals surface area contributed by atoms with E-state index in [1.54, 1.807) is 0 Å². The molecule has 0 radical (unpaired) electrons. The molecule has 1 aliphatic rings. The number of unbranched alkanes of at least 4 members (excludes halogenated alkanes) is 4. The molecule has 1 heteroatoms. The first-order valence-corrected chi connectivity index (χ1v) is 10.2. The lowest BCUT2D eigenvalue weighted by Gasteiger charge is -2.52. The molecule has 0 spiro atoms. The van der Waals surface area contributed by atoms with Gasteiger partial charge in [0.05, 0.1) is 0 Å². The highest BCUT2D eigenvalue weighted by Gasteiger charge is 2.48. The average Bonchev–Trinajstić information content (AvgIpc) is 2.56. The predicted octanol–water partition coefficient (Wildman–Crippen LogP) is 6.78. The van der Waals surface area contributed by atoms with Gasteiger partial charge in [0.2, 0.25) is 0 Å². The molecule has 23 heavy (non-hydrogen) atoms. The van der Waals surface area contributed by atoms with E-state index in [0.29, 0.717) is 5.92 Å². The van der Waals surface area contributed by atoms with E-state index in [9.17, 15) is 0 Å². The van der Waals surface area contributed by atoms with Crippen LogP contribution in [0.5, 0.6) is 0 Å². The molecule has 0 saturated heterocycles. The highest BCUT2D eigenvalue weighted by molar-refractivity contribution is 5.24. The van der Waals surface area contributed by atoms with E-state index < -0.39 is 0 Å². The van der Waals surface area contributed by atoms with Gasteiger partial charge in [0.15, 0.2) is 0 Å². The summed E-state index contributed by atoms with van der Waals surface area (Å²) in [5.74, 6) is 0.655. The standard InChI is InChI=1S/C22H41N/c1-5-8-11-18-22(23,19-12-9-6-2)21(20(4)15-7-3)16-13-10-14-17-21/h10,13-14,16,20H,5-9,11-12,15,17-19,23H2,1-4H3. The zero-order chi connectivity index (χ0) is 17.2. The van der Waals surface area contributed by atoms with Crippen molar-refractivity contribution in [2.75, 3.05) is 0 Å². The maximum absolute atomic E-state index is 7.24. The van der Waals surface area contributed by atoms with Crippen molar-refractivity contribution in [3.63, 3.8) is 0 Å². The first-order valence-electron chi connectivity index (χ1n) is 10.2. The summed E-state index contributed by atoms with van der Waals surface area (Å²) in [6, 6.07) is 0. The molecule has 0 aromatic heterocycles. The summed E-state index contributed by atoms with van der Waals surface area (Å²) in [7, 11) is 0. The van der Waals surface area contributed by atoms with Crippen molar-refractivity contribution in [3.05, 3.63) is 24.3 Å². The zero-order valence-electron chi connectivity index (χ0n) is 16.2. The van der Waals surface area contributed by atoms with E-state index >= 15 is 0 Å². The topological polar surface area (TPSA) is 26.0 Å². The van der Waals surface area contributed by atoms with Gasteiger partial charge in [-0.15, -0.1) is 0 Å². The quantitative estimate of drug-likeness (QED) is 0.394. The Bertz CT molecular complexity index is 358. The maximum Gasteiger partial charge on any atom is 0.0252 e. The van der Waals surface area contributed by atoms with Gasteiger partial charge in [0.25, 0.3) is 0 Å². The second-order valence-corrected chi connectivity index (χ2v) is 7.79. The van der Waals surface area contributed by atoms with Crippen molar-refractivity contribution in [2.24, 2.45) is 17.1 Å². The van der Waals surface area contributed by atoms with E-state index in [2.05, 4.69) is 52.0 Å². The first-order chi connectivity index (χ1) is 11.1. The minimum absolute atomic E-state index is 0.0484. The third kappa shape index (κ3) is 5.21. The molecule has 2 unspecified atom stereocenters. The van der Waals surface area contributed by atoms with E-state index in [4.69, 9.17) is 5.73 Å². The maximum atomic E-state index is 7.24. The largest absolute Gasteiger partial charge is 0.324 e. The molecule has 1 rings (SSSR count). The Kier molecular flexibility index (Phi) is 9.20. The molecule has 0 aromatic carbocycles. The lowest BCUT2D eigenvalue weighted by molar-refractivity contribution is 0.0785. The SMILES string of the molecule is CCCCCC(N)(CCCCC)C1(C(C)CCC)C=CC=CC1. The third-order valence-electron chi connectivity index (χ3n) is 6.08. The van der Waals surface area contributed by atoms with Gasteiger partial charge in [-0.25, -0.2) is 0 Å². The van der Waals surface area contributed by atoms with Crippen LogP contribution >= 0.6 is 0 Å². The van der Waals surface area contributed by atoms with E-state index in [1.807, 2.05) is 0 Å². The Morgan fingerprint density at radius 2 is 1.57 bits per heavy atom. The molecule has 0 fully saturated rings. The Labute approximate surface area is 145 Å². The van der Waals surface area contributed by atoms with Crippen LogP contribution in [0, 0.1) is 11.3 Å². The van der Waals surface area contributed by atoms with Gasteiger partial charge >= 0.3 is 0 Å². The van der Waals surface area contributed by atoms with Crippen LogP contribution in [0.3, 0.4) is 0 Å². The van der Waals surface area contributed by atoms with Crippen molar-refractivity contribution in [1.29, 1.82) is 0 Å². The summed E-state index contributed by atoms with van der Waals surface area (Å²) in [6.45, 7) is 9.31. The second-order valence-electron chi connectivity index (χ2n) is 7.79. The van der Waals surface area contributed by atoms with Crippen LogP contribution in [0.1, 0.15) is 98.3 Å². The second kappa shape index (κ2) is 10.3. The van der Waals surface area contributed by atoms with Crippen LogP contribution in [-0.2, 0) is 0 Å². The van der Waals surface area contributed by atoms with Crippen LogP contribution in [0.15, 0.2) is 24.3 Å². The van der Waals surface area contributed by atoms with Gasteiger partial charge < -0.3 is 5.73 Å². The molecular weight excluding hydrogens is 278 g/mol. The van der Waals surface area contributed by atoms with Crippen molar-refractivity contribution in [3.8, 4) is 0 Å². The number of nitrogens with two attached hydrogens (primary N) is 1. The van der Waals surface area contributed by atoms with Crippen LogP contribution < -0.4 is 5.73 Å². The zero-order valence-corrected chi connectivity index (χ0v) is 16.2. The summed E-state index contributed by atoms with van der Waals surface area (Å²) in [4.78, 5) is 0. The summed E-state index contributed by atoms with van der Waals surface area (Å²) < 4.78 is 0. The molecular formula is C22H41N. The minimum atomic E-state index is -0.0484. The van der Waals surface area contributed by atoms with Crippen molar-refractivity contribution in [1.82, 2.24) is 0 Å². The van der Waals surface area contributed by atoms with Crippen molar-refractivity contribution >= 4 is 0 Å². The molecule has 2 N–H and O–H groups in total. The molecule has 0 saturated carbocycles. The summed E-state index contributed by atoms with van der Waals surface area (Å²) in [6.07, 6.45) is 23.0. The molecule has 0 aliphatic heterocycles. The third-order valence-corrected chi connectivity index (χ3v) is 6.08. The van der Waals surface area contributed by atoms with Gasteiger partial charge in [-0.1, -0.05) is 103 Å². The summed E-state index contributed by atoms with van der Waals surface area (Å²) in [5.41, 5.74) is 7.34. The lowest BCUT2D eigenvalue weighted by atomic mass is 9.56. The number of hydrogen-bond donors (Lipinski definition) is 1. The molecule has 0 aromatic rings. The Morgan fingerprint density at radius 3 is 2.00 bits per heavy atom. The fourth-order valence-corrected chi connectivity index (χ4v) is 4.52. The van der Waals surface area contributed by atoms with Gasteiger partial charge in [-0.3, -0.25) is 0 Å². The molecule has 0 heterocycles. The summed E-state index contributed by atoms with van der Waals surface area (Å²) in [5, 5.41) is 0. The van der Waals surface area contributed by atoms with Crippen LogP contribution in [0.25, 0.3) is 0 Å². The number of allylic oxidation sites excluding steroid dienone is 3. The first kappa shape index (κ1) is 20.5. The van der Waals surface area contributed by atoms with Crippen LogP contribution in [0.4, 0.5) is 0 Å².